The largest absolute Gasteiger partial charge is 0.508 e. The monoisotopic (exact) mass is 1620 g/mol. The molecule has 612 valence electrons. The van der Waals surface area contributed by atoms with Crippen molar-refractivity contribution in [2.75, 3.05) is 29.4 Å². The lowest BCUT2D eigenvalue weighted by atomic mass is 10.0. The Hall–Kier alpha value is -16.4. The zero-order valence-corrected chi connectivity index (χ0v) is 67.4. The SMILES string of the molecule is C.C.Cc1ccc(N(c2ccccc2)c2ccc(-c3ccc(N(c4ccccc4)c4ccc(O)cc4)cc3)cc2)cc1.Cc1cccc(N(c2ccccc2)c2ccc(-c3ccc(N(c4ccccc4)c4cccc(O)c4)cc3)cc2)c1.Oc1cc(O)cc(N(c2ccccc2)c2ccccc2)c1.Oc1cccc(O)c1N(c1ccccc1)c1ccccc1. The molecule has 0 radical (unpaired) electrons. The molecule has 0 atom stereocenters. The van der Waals surface area contributed by atoms with E-state index in [0.29, 0.717) is 11.4 Å². The van der Waals surface area contributed by atoms with Crippen molar-refractivity contribution in [3.05, 3.63) is 484 Å². The highest BCUT2D eigenvalue weighted by Crippen LogP contribution is 2.47. The van der Waals surface area contributed by atoms with Crippen LogP contribution in [0, 0.1) is 13.8 Å². The molecule has 0 saturated carbocycles. The Morgan fingerprint density at radius 2 is 0.363 bits per heavy atom. The normalized spacial score (nSPS) is 10.4. The van der Waals surface area contributed by atoms with Crippen LogP contribution in [0.15, 0.2) is 473 Å². The lowest BCUT2D eigenvalue weighted by Gasteiger charge is -2.26. The van der Waals surface area contributed by atoms with E-state index < -0.39 is 0 Å². The molecule has 0 amide bonds. The van der Waals surface area contributed by atoms with Crippen molar-refractivity contribution in [2.24, 2.45) is 0 Å². The first-order chi connectivity index (χ1) is 59.8. The summed E-state index contributed by atoms with van der Waals surface area (Å²) in [5, 5.41) is 59.8. The van der Waals surface area contributed by atoms with Crippen LogP contribution in [-0.2, 0) is 0 Å². The molecule has 0 unspecified atom stereocenters. The molecule has 18 aromatic rings. The van der Waals surface area contributed by atoms with Crippen LogP contribution in [0.2, 0.25) is 0 Å². The minimum atomic E-state index is 0. The molecule has 6 N–H and O–H groups in total. The molecule has 0 heterocycles. The second-order valence-corrected chi connectivity index (χ2v) is 28.9. The first kappa shape index (κ1) is 85.4. The van der Waals surface area contributed by atoms with E-state index in [1.54, 1.807) is 54.6 Å². The van der Waals surface area contributed by atoms with Gasteiger partial charge in [-0.3, -0.25) is 0 Å². The molecule has 0 aromatic heterocycles. The van der Waals surface area contributed by atoms with Crippen molar-refractivity contribution in [1.82, 2.24) is 0 Å². The molecular formula is C112H98N6O6. The van der Waals surface area contributed by atoms with E-state index in [1.807, 2.05) is 204 Å². The zero-order valence-electron chi connectivity index (χ0n) is 67.4. The highest BCUT2D eigenvalue weighted by Gasteiger charge is 2.22. The number of nitrogens with zero attached hydrogens (tertiary/aromatic N) is 6. The van der Waals surface area contributed by atoms with Crippen molar-refractivity contribution >= 4 is 102 Å². The smallest absolute Gasteiger partial charge is 0.143 e. The number of hydrogen-bond donors (Lipinski definition) is 6. The van der Waals surface area contributed by atoms with E-state index >= 15 is 0 Å². The van der Waals surface area contributed by atoms with Gasteiger partial charge < -0.3 is 60.0 Å². The molecule has 0 spiro atoms. The number of anilines is 18. The summed E-state index contributed by atoms with van der Waals surface area (Å²) in [5.41, 5.74) is 24.5. The summed E-state index contributed by atoms with van der Waals surface area (Å²) in [6.07, 6.45) is 0. The Morgan fingerprint density at radius 3 is 0.653 bits per heavy atom. The third-order valence-electron chi connectivity index (χ3n) is 20.4. The quantitative estimate of drug-likeness (QED) is 0.0433. The standard InChI is InChI=1S/2C37H30N2O.2C18H15NO2.2CH4/c1-28-10-8-15-35(26-28)38(31-11-4-2-5-12-31)33-22-18-29(19-23-33)30-20-24-34(25-21-30)39(32-13-6-3-7-14-32)36-16-9-17-37(40)27-36;1-28-12-18-33(19-13-28)38(31-8-4-2-5-9-31)34-20-14-29(15-21-34)30-16-22-35(23-17-30)39(32-10-6-3-7-11-32)36-24-26-37(40)27-25-36;20-16-12-7-13-17(21)18(16)19(14-8-3-1-4-9-14)15-10-5-2-6-11-15;20-17-11-16(12-18(21)13-17)19(14-7-3-1-4-8-14)15-9-5-2-6-10-15;;/h2*2-27,40H,1H3;2*1-13,20-21H;2*1H4. The van der Waals surface area contributed by atoms with Gasteiger partial charge in [0.2, 0.25) is 0 Å². The average Bonchev–Trinajstić information content (AvgIpc) is 0.813. The molecule has 0 aliphatic rings. The summed E-state index contributed by atoms with van der Waals surface area (Å²) in [6, 6.07) is 156. The molecule has 0 bridgehead atoms. The Labute approximate surface area is 727 Å². The van der Waals surface area contributed by atoms with Crippen molar-refractivity contribution in [2.45, 2.75) is 28.7 Å². The highest BCUT2D eigenvalue weighted by atomic mass is 16.3. The lowest BCUT2D eigenvalue weighted by molar-refractivity contribution is 0.450. The number of phenols is 6. The fourth-order valence-corrected chi connectivity index (χ4v) is 14.6. The van der Waals surface area contributed by atoms with Gasteiger partial charge in [-0.25, -0.2) is 0 Å². The Balaban J connectivity index is 0.000000147. The van der Waals surface area contributed by atoms with Gasteiger partial charge in [-0.2, -0.15) is 0 Å². The molecule has 12 nitrogen and oxygen atoms in total. The van der Waals surface area contributed by atoms with Gasteiger partial charge in [-0.15, -0.1) is 0 Å². The van der Waals surface area contributed by atoms with E-state index in [0.717, 1.165) is 113 Å². The fraction of sp³-hybridized carbons (Fsp3) is 0.0357. The van der Waals surface area contributed by atoms with Gasteiger partial charge in [-0.1, -0.05) is 251 Å². The predicted octanol–water partition coefficient (Wildman–Crippen LogP) is 31.0. The molecule has 0 aliphatic heterocycles. The topological polar surface area (TPSA) is 141 Å². The molecule has 0 saturated heterocycles. The van der Waals surface area contributed by atoms with Crippen LogP contribution in [0.4, 0.5) is 102 Å². The Kier molecular flexibility index (Phi) is 28.5. The average molecular weight is 1620 g/mol. The van der Waals surface area contributed by atoms with Gasteiger partial charge in [0.1, 0.15) is 40.2 Å². The first-order valence-electron chi connectivity index (χ1n) is 40.2. The van der Waals surface area contributed by atoms with E-state index in [1.165, 1.54) is 17.2 Å². The van der Waals surface area contributed by atoms with Crippen LogP contribution in [0.3, 0.4) is 0 Å². The third-order valence-corrected chi connectivity index (χ3v) is 20.4. The van der Waals surface area contributed by atoms with Gasteiger partial charge in [0.25, 0.3) is 0 Å². The Morgan fingerprint density at radius 1 is 0.145 bits per heavy atom. The number of phenolic OH excluding ortho intramolecular Hbond substituents is 6. The summed E-state index contributed by atoms with van der Waals surface area (Å²) in [6.45, 7) is 4.24. The number of benzene rings is 18. The van der Waals surface area contributed by atoms with Crippen molar-refractivity contribution < 1.29 is 30.6 Å². The minimum absolute atomic E-state index is 0. The van der Waals surface area contributed by atoms with Crippen LogP contribution >= 0.6 is 0 Å². The van der Waals surface area contributed by atoms with E-state index in [4.69, 9.17) is 0 Å². The van der Waals surface area contributed by atoms with Gasteiger partial charge in [-0.05, 0) is 260 Å². The number of aryl methyl sites for hydroxylation is 2. The molecule has 18 aromatic carbocycles. The van der Waals surface area contributed by atoms with Crippen molar-refractivity contribution in [3.8, 4) is 56.8 Å². The van der Waals surface area contributed by atoms with Gasteiger partial charge in [0.15, 0.2) is 0 Å². The van der Waals surface area contributed by atoms with Crippen LogP contribution in [-0.4, -0.2) is 30.6 Å². The van der Waals surface area contributed by atoms with Crippen LogP contribution < -0.4 is 29.4 Å². The number of aromatic hydroxyl groups is 6. The molecule has 0 aliphatic carbocycles. The van der Waals surface area contributed by atoms with Crippen molar-refractivity contribution in [1.29, 1.82) is 0 Å². The van der Waals surface area contributed by atoms with Gasteiger partial charge >= 0.3 is 0 Å². The maximum absolute atomic E-state index is 10.2. The van der Waals surface area contributed by atoms with E-state index in [9.17, 15) is 30.6 Å². The fourth-order valence-electron chi connectivity index (χ4n) is 14.6. The maximum Gasteiger partial charge on any atom is 0.143 e. The number of para-hydroxylation sites is 9. The highest BCUT2D eigenvalue weighted by molar-refractivity contribution is 5.87. The van der Waals surface area contributed by atoms with Gasteiger partial charge in [0, 0.05) is 115 Å². The Bertz CT molecular complexity index is 5940. The van der Waals surface area contributed by atoms with Gasteiger partial charge in [0.05, 0.1) is 5.69 Å². The number of rotatable bonds is 20. The molecule has 12 heteroatoms. The summed E-state index contributed by atoms with van der Waals surface area (Å²) < 4.78 is 0. The van der Waals surface area contributed by atoms with E-state index in [2.05, 4.69) is 252 Å². The maximum atomic E-state index is 10.2. The zero-order chi connectivity index (χ0) is 83.9. The lowest BCUT2D eigenvalue weighted by Crippen LogP contribution is -2.10. The van der Waals surface area contributed by atoms with Crippen molar-refractivity contribution in [3.63, 3.8) is 0 Å². The van der Waals surface area contributed by atoms with E-state index in [-0.39, 0.29) is 49.4 Å². The molecule has 0 fully saturated rings. The predicted molar refractivity (Wildman–Crippen MR) is 518 cm³/mol. The molecule has 18 rings (SSSR count). The third kappa shape index (κ3) is 21.2. The number of hydrogen-bond acceptors (Lipinski definition) is 12. The van der Waals surface area contributed by atoms with Crippen LogP contribution in [0.5, 0.6) is 34.5 Å². The first-order valence-corrected chi connectivity index (χ1v) is 40.2. The molecule has 124 heavy (non-hydrogen) atoms. The van der Waals surface area contributed by atoms with Crippen LogP contribution in [0.25, 0.3) is 22.3 Å². The summed E-state index contributed by atoms with van der Waals surface area (Å²) in [5.74, 6) is 0.614. The minimum Gasteiger partial charge on any atom is -0.508 e. The summed E-state index contributed by atoms with van der Waals surface area (Å²) in [7, 11) is 0. The molecular weight excluding hydrogens is 1530 g/mol. The second kappa shape index (κ2) is 41.3. The summed E-state index contributed by atoms with van der Waals surface area (Å²) >= 11 is 0. The summed E-state index contributed by atoms with van der Waals surface area (Å²) in [4.78, 5) is 12.7. The van der Waals surface area contributed by atoms with Crippen LogP contribution in [0.1, 0.15) is 26.0 Å². The second-order valence-electron chi connectivity index (χ2n) is 28.9.